The van der Waals surface area contributed by atoms with Crippen molar-refractivity contribution in [3.05, 3.63) is 18.0 Å². The highest BCUT2D eigenvalue weighted by molar-refractivity contribution is 5.72. The lowest BCUT2D eigenvalue weighted by molar-refractivity contribution is -0.135. The molecule has 0 radical (unpaired) electrons. The van der Waals surface area contributed by atoms with E-state index in [2.05, 4.69) is 9.97 Å². The van der Waals surface area contributed by atoms with Crippen LogP contribution in [-0.4, -0.2) is 47.8 Å². The Kier molecular flexibility index (Phi) is 4.09. The lowest BCUT2D eigenvalue weighted by Crippen LogP contribution is -2.27. The lowest BCUT2D eigenvalue weighted by Gasteiger charge is -2.22. The van der Waals surface area contributed by atoms with Gasteiger partial charge in [-0.25, -0.2) is 9.97 Å². The van der Waals surface area contributed by atoms with E-state index < -0.39 is 5.97 Å². The molecule has 2 heterocycles. The summed E-state index contributed by atoms with van der Waals surface area (Å²) in [5.74, 6) is 0.000366. The minimum absolute atomic E-state index is 0.101. The van der Waals surface area contributed by atoms with Crippen LogP contribution in [0.1, 0.15) is 24.3 Å². The van der Waals surface area contributed by atoms with E-state index in [1.54, 1.807) is 19.4 Å². The maximum atomic E-state index is 10.6. The molecule has 1 aliphatic heterocycles. The molecule has 1 N–H and O–H groups in total. The van der Waals surface area contributed by atoms with Crippen molar-refractivity contribution in [3.8, 4) is 0 Å². The Morgan fingerprint density at radius 2 is 2.06 bits per heavy atom. The number of carboxylic acid groups (broad SMARTS) is 1. The Labute approximate surface area is 106 Å². The van der Waals surface area contributed by atoms with E-state index in [0.717, 1.165) is 31.6 Å². The van der Waals surface area contributed by atoms with Crippen LogP contribution in [0.3, 0.4) is 0 Å². The van der Waals surface area contributed by atoms with Crippen molar-refractivity contribution in [1.82, 2.24) is 9.97 Å². The number of anilines is 1. The summed E-state index contributed by atoms with van der Waals surface area (Å²) >= 11 is 0. The van der Waals surface area contributed by atoms with Crippen LogP contribution in [0.25, 0.3) is 0 Å². The van der Waals surface area contributed by atoms with Gasteiger partial charge < -0.3 is 14.7 Å². The molecule has 6 heteroatoms. The van der Waals surface area contributed by atoms with Gasteiger partial charge in [0.15, 0.2) is 0 Å². The van der Waals surface area contributed by atoms with Crippen molar-refractivity contribution in [1.29, 1.82) is 0 Å². The van der Waals surface area contributed by atoms with Gasteiger partial charge in [0.1, 0.15) is 6.54 Å². The largest absolute Gasteiger partial charge is 0.480 e. The van der Waals surface area contributed by atoms with Gasteiger partial charge in [-0.05, 0) is 24.3 Å². The average Bonchev–Trinajstić information content (AvgIpc) is 2.39. The van der Waals surface area contributed by atoms with Crippen molar-refractivity contribution >= 4 is 11.9 Å². The predicted octanol–water partition coefficient (Wildman–Crippen LogP) is 0.891. The molecule has 1 aliphatic rings. The second kappa shape index (κ2) is 5.77. The van der Waals surface area contributed by atoms with Gasteiger partial charge in [-0.1, -0.05) is 0 Å². The Morgan fingerprint density at radius 1 is 1.44 bits per heavy atom. The normalized spacial score (nSPS) is 16.5. The summed E-state index contributed by atoms with van der Waals surface area (Å²) in [4.78, 5) is 20.5. The monoisotopic (exact) mass is 251 g/mol. The number of nitrogens with zero attached hydrogens (tertiary/aromatic N) is 3. The Hall–Kier alpha value is -1.69. The number of rotatable bonds is 4. The first kappa shape index (κ1) is 12.8. The minimum Gasteiger partial charge on any atom is -0.480 e. The molecule has 1 aromatic heterocycles. The number of carboxylic acids is 1. The third-order valence-electron chi connectivity index (χ3n) is 3.06. The van der Waals surface area contributed by atoms with E-state index in [4.69, 9.17) is 9.84 Å². The average molecular weight is 251 g/mol. The van der Waals surface area contributed by atoms with Gasteiger partial charge in [0.2, 0.25) is 5.95 Å². The molecular formula is C12H17N3O3. The first-order valence-electron chi connectivity index (χ1n) is 5.99. The zero-order valence-corrected chi connectivity index (χ0v) is 10.4. The number of ether oxygens (including phenoxy) is 1. The molecule has 0 bridgehead atoms. The molecule has 0 amide bonds. The molecule has 1 saturated heterocycles. The standard InChI is InChI=1S/C12H17N3O3/c1-15(8-11(16)17)12-13-6-10(7-14-12)9-2-4-18-5-3-9/h6-7,9H,2-5,8H2,1H3,(H,16,17). The second-order valence-electron chi connectivity index (χ2n) is 4.45. The van der Waals surface area contributed by atoms with E-state index in [-0.39, 0.29) is 6.54 Å². The van der Waals surface area contributed by atoms with E-state index >= 15 is 0 Å². The zero-order valence-electron chi connectivity index (χ0n) is 10.4. The number of aromatic nitrogens is 2. The molecule has 18 heavy (non-hydrogen) atoms. The van der Waals surface area contributed by atoms with Crippen LogP contribution in [-0.2, 0) is 9.53 Å². The van der Waals surface area contributed by atoms with Crippen LogP contribution in [0.5, 0.6) is 0 Å². The first-order chi connectivity index (χ1) is 8.66. The molecule has 0 unspecified atom stereocenters. The fourth-order valence-corrected chi connectivity index (χ4v) is 2.04. The SMILES string of the molecule is CN(CC(=O)O)c1ncc(C2CCOCC2)cn1. The Balaban J connectivity index is 2.02. The van der Waals surface area contributed by atoms with Gasteiger partial charge in [-0.2, -0.15) is 0 Å². The van der Waals surface area contributed by atoms with E-state index in [1.165, 1.54) is 4.90 Å². The highest BCUT2D eigenvalue weighted by Crippen LogP contribution is 2.26. The summed E-state index contributed by atoms with van der Waals surface area (Å²) < 4.78 is 5.31. The molecule has 0 aliphatic carbocycles. The van der Waals surface area contributed by atoms with E-state index in [0.29, 0.717) is 11.9 Å². The highest BCUT2D eigenvalue weighted by Gasteiger charge is 2.17. The summed E-state index contributed by atoms with van der Waals surface area (Å²) in [6.07, 6.45) is 5.56. The quantitative estimate of drug-likeness (QED) is 0.856. The minimum atomic E-state index is -0.894. The van der Waals surface area contributed by atoms with Gasteiger partial charge in [0, 0.05) is 32.7 Å². The second-order valence-corrected chi connectivity index (χ2v) is 4.45. The number of likely N-dealkylation sites (N-methyl/N-ethyl adjacent to an activating group) is 1. The molecule has 98 valence electrons. The third kappa shape index (κ3) is 3.16. The van der Waals surface area contributed by atoms with Gasteiger partial charge in [0.05, 0.1) is 0 Å². The fraction of sp³-hybridized carbons (Fsp3) is 0.583. The maximum Gasteiger partial charge on any atom is 0.323 e. The van der Waals surface area contributed by atoms with Crippen molar-refractivity contribution in [2.45, 2.75) is 18.8 Å². The smallest absolute Gasteiger partial charge is 0.323 e. The molecule has 1 fully saturated rings. The van der Waals surface area contributed by atoms with Crippen LogP contribution in [0.2, 0.25) is 0 Å². The molecule has 6 nitrogen and oxygen atoms in total. The summed E-state index contributed by atoms with van der Waals surface area (Å²) in [5, 5.41) is 8.69. The van der Waals surface area contributed by atoms with Gasteiger partial charge >= 0.3 is 5.97 Å². The number of hydrogen-bond acceptors (Lipinski definition) is 5. The topological polar surface area (TPSA) is 75.6 Å². The summed E-state index contributed by atoms with van der Waals surface area (Å²) in [7, 11) is 1.66. The molecular weight excluding hydrogens is 234 g/mol. The fourth-order valence-electron chi connectivity index (χ4n) is 2.04. The lowest BCUT2D eigenvalue weighted by atomic mass is 9.94. The van der Waals surface area contributed by atoms with Crippen LogP contribution in [0, 0.1) is 0 Å². The molecule has 0 aromatic carbocycles. The van der Waals surface area contributed by atoms with Crippen molar-refractivity contribution < 1.29 is 14.6 Å². The van der Waals surface area contributed by atoms with Crippen molar-refractivity contribution in [2.75, 3.05) is 31.7 Å². The Bertz CT molecular complexity index is 402. The van der Waals surface area contributed by atoms with Gasteiger partial charge in [-0.15, -0.1) is 0 Å². The highest BCUT2D eigenvalue weighted by atomic mass is 16.5. The molecule has 2 rings (SSSR count). The van der Waals surface area contributed by atoms with Crippen molar-refractivity contribution in [3.63, 3.8) is 0 Å². The number of carbonyl (C=O) groups is 1. The summed E-state index contributed by atoms with van der Waals surface area (Å²) in [5.41, 5.74) is 1.10. The first-order valence-corrected chi connectivity index (χ1v) is 5.99. The van der Waals surface area contributed by atoms with Crippen LogP contribution in [0.15, 0.2) is 12.4 Å². The number of aliphatic carboxylic acids is 1. The van der Waals surface area contributed by atoms with E-state index in [9.17, 15) is 4.79 Å². The summed E-state index contributed by atoms with van der Waals surface area (Å²) in [6, 6.07) is 0. The van der Waals surface area contributed by atoms with Crippen molar-refractivity contribution in [2.24, 2.45) is 0 Å². The Morgan fingerprint density at radius 3 is 2.61 bits per heavy atom. The summed E-state index contributed by atoms with van der Waals surface area (Å²) in [6.45, 7) is 1.47. The van der Waals surface area contributed by atoms with Crippen LogP contribution < -0.4 is 4.90 Å². The van der Waals surface area contributed by atoms with E-state index in [1.807, 2.05) is 0 Å². The molecule has 0 atom stereocenters. The van der Waals surface area contributed by atoms with Gasteiger partial charge in [0.25, 0.3) is 0 Å². The third-order valence-corrected chi connectivity index (χ3v) is 3.06. The molecule has 0 saturated carbocycles. The zero-order chi connectivity index (χ0) is 13.0. The van der Waals surface area contributed by atoms with Crippen LogP contribution in [0.4, 0.5) is 5.95 Å². The molecule has 1 aromatic rings. The maximum absolute atomic E-state index is 10.6. The van der Waals surface area contributed by atoms with Crippen LogP contribution >= 0.6 is 0 Å². The number of hydrogen-bond donors (Lipinski definition) is 1. The molecule has 0 spiro atoms. The van der Waals surface area contributed by atoms with Gasteiger partial charge in [-0.3, -0.25) is 4.79 Å². The predicted molar refractivity (Wildman–Crippen MR) is 65.7 cm³/mol.